The van der Waals surface area contributed by atoms with E-state index in [4.69, 9.17) is 4.74 Å². The van der Waals surface area contributed by atoms with Gasteiger partial charge in [0.05, 0.1) is 11.3 Å². The number of rotatable bonds is 7. The molecule has 0 unspecified atom stereocenters. The molecule has 1 aromatic heterocycles. The smallest absolute Gasteiger partial charge is 0.418 e. The van der Waals surface area contributed by atoms with E-state index in [9.17, 15) is 27.6 Å². The molecular formula is C28H21F3N4O4. The molecule has 0 atom stereocenters. The fourth-order valence-corrected chi connectivity index (χ4v) is 3.78. The van der Waals surface area contributed by atoms with Crippen LogP contribution in [0.5, 0.6) is 11.5 Å². The van der Waals surface area contributed by atoms with Crippen LogP contribution in [0.1, 0.15) is 26.4 Å². The Balaban J connectivity index is 1.65. The Morgan fingerprint density at radius 3 is 2.38 bits per heavy atom. The van der Waals surface area contributed by atoms with E-state index in [1.165, 1.54) is 19.3 Å². The van der Waals surface area contributed by atoms with Gasteiger partial charge in [-0.2, -0.15) is 13.2 Å². The van der Waals surface area contributed by atoms with Crippen molar-refractivity contribution in [3.05, 3.63) is 102 Å². The molecule has 3 aromatic carbocycles. The van der Waals surface area contributed by atoms with Crippen molar-refractivity contribution in [2.75, 3.05) is 17.7 Å². The predicted octanol–water partition coefficient (Wildman–Crippen LogP) is 5.78. The number of alkyl halides is 3. The number of nitrogens with zero attached hydrogens (tertiary/aromatic N) is 1. The zero-order valence-corrected chi connectivity index (χ0v) is 20.4. The number of hydrogen-bond acceptors (Lipinski definition) is 5. The van der Waals surface area contributed by atoms with E-state index in [0.29, 0.717) is 22.3 Å². The quantitative estimate of drug-likeness (QED) is 0.260. The van der Waals surface area contributed by atoms with Crippen molar-refractivity contribution in [3.63, 3.8) is 0 Å². The summed E-state index contributed by atoms with van der Waals surface area (Å²) in [4.78, 5) is 40.8. The SMILES string of the molecule is C=CC(=O)Nc1cc(NC(=O)c2cccc3c(Oc4ccnc(C(=O)NC)c4)cccc23)ccc1C(F)(F)F. The molecule has 3 amide bonds. The highest BCUT2D eigenvalue weighted by molar-refractivity contribution is 6.14. The molecular weight excluding hydrogens is 513 g/mol. The Morgan fingerprint density at radius 2 is 1.67 bits per heavy atom. The molecule has 0 aliphatic rings. The Kier molecular flexibility index (Phi) is 7.61. The van der Waals surface area contributed by atoms with E-state index >= 15 is 0 Å². The average Bonchev–Trinajstić information content (AvgIpc) is 2.92. The summed E-state index contributed by atoms with van der Waals surface area (Å²) in [6.45, 7) is 3.24. The minimum Gasteiger partial charge on any atom is -0.457 e. The number of hydrogen-bond donors (Lipinski definition) is 3. The highest BCUT2D eigenvalue weighted by atomic mass is 19.4. The van der Waals surface area contributed by atoms with Crippen molar-refractivity contribution in [3.8, 4) is 11.5 Å². The second-order valence-electron chi connectivity index (χ2n) is 8.12. The minimum atomic E-state index is -4.73. The molecule has 0 saturated carbocycles. The lowest BCUT2D eigenvalue weighted by Gasteiger charge is -2.16. The molecule has 3 N–H and O–H groups in total. The van der Waals surface area contributed by atoms with Gasteiger partial charge in [0.2, 0.25) is 5.91 Å². The molecule has 0 aliphatic carbocycles. The van der Waals surface area contributed by atoms with Gasteiger partial charge in [0.15, 0.2) is 0 Å². The lowest BCUT2D eigenvalue weighted by atomic mass is 10.0. The summed E-state index contributed by atoms with van der Waals surface area (Å²) in [7, 11) is 1.48. The zero-order chi connectivity index (χ0) is 28.2. The highest BCUT2D eigenvalue weighted by Crippen LogP contribution is 2.37. The predicted molar refractivity (Wildman–Crippen MR) is 140 cm³/mol. The van der Waals surface area contributed by atoms with Gasteiger partial charge in [-0.3, -0.25) is 19.4 Å². The van der Waals surface area contributed by atoms with Crippen LogP contribution >= 0.6 is 0 Å². The molecule has 0 aliphatic heterocycles. The van der Waals surface area contributed by atoms with Crippen molar-refractivity contribution in [2.24, 2.45) is 0 Å². The number of anilines is 2. The van der Waals surface area contributed by atoms with E-state index < -0.39 is 29.2 Å². The van der Waals surface area contributed by atoms with Crippen LogP contribution in [-0.2, 0) is 11.0 Å². The number of carbonyl (C=O) groups excluding carboxylic acids is 3. The van der Waals surface area contributed by atoms with Crippen molar-refractivity contribution in [1.82, 2.24) is 10.3 Å². The van der Waals surface area contributed by atoms with Gasteiger partial charge in [-0.05, 0) is 47.9 Å². The molecule has 11 heteroatoms. The lowest BCUT2D eigenvalue weighted by molar-refractivity contribution is -0.136. The van der Waals surface area contributed by atoms with E-state index in [1.54, 1.807) is 42.5 Å². The number of carbonyl (C=O) groups is 3. The topological polar surface area (TPSA) is 109 Å². The van der Waals surface area contributed by atoms with Crippen molar-refractivity contribution >= 4 is 39.9 Å². The summed E-state index contributed by atoms with van der Waals surface area (Å²) >= 11 is 0. The van der Waals surface area contributed by atoms with Crippen LogP contribution in [0.3, 0.4) is 0 Å². The summed E-state index contributed by atoms with van der Waals surface area (Å²) in [5.74, 6) is -1.05. The van der Waals surface area contributed by atoms with Crippen LogP contribution in [0.4, 0.5) is 24.5 Å². The van der Waals surface area contributed by atoms with Crippen LogP contribution in [0.25, 0.3) is 10.8 Å². The summed E-state index contributed by atoms with van der Waals surface area (Å²) in [5.41, 5.74) is -1.16. The molecule has 0 fully saturated rings. The van der Waals surface area contributed by atoms with E-state index in [2.05, 4.69) is 27.5 Å². The number of fused-ring (bicyclic) bond motifs is 1. The number of benzene rings is 3. The van der Waals surface area contributed by atoms with Crippen molar-refractivity contribution < 1.29 is 32.3 Å². The molecule has 39 heavy (non-hydrogen) atoms. The summed E-state index contributed by atoms with van der Waals surface area (Å²) in [6, 6.07) is 15.9. The van der Waals surface area contributed by atoms with Crippen LogP contribution in [0, 0.1) is 0 Å². The van der Waals surface area contributed by atoms with Crippen molar-refractivity contribution in [2.45, 2.75) is 6.18 Å². The van der Waals surface area contributed by atoms with Crippen LogP contribution < -0.4 is 20.7 Å². The molecule has 1 heterocycles. The maximum Gasteiger partial charge on any atom is 0.418 e. The molecule has 0 bridgehead atoms. The van der Waals surface area contributed by atoms with Crippen LogP contribution in [-0.4, -0.2) is 29.8 Å². The summed E-state index contributed by atoms with van der Waals surface area (Å²) in [6.07, 6.45) is -2.46. The summed E-state index contributed by atoms with van der Waals surface area (Å²) < 4.78 is 46.2. The molecule has 198 valence electrons. The third-order valence-corrected chi connectivity index (χ3v) is 5.57. The first-order chi connectivity index (χ1) is 18.6. The van der Waals surface area contributed by atoms with Crippen LogP contribution in [0.2, 0.25) is 0 Å². The van der Waals surface area contributed by atoms with E-state index in [-0.39, 0.29) is 22.9 Å². The monoisotopic (exact) mass is 534 g/mol. The van der Waals surface area contributed by atoms with Gasteiger partial charge < -0.3 is 20.7 Å². The molecule has 8 nitrogen and oxygen atoms in total. The number of ether oxygens (including phenoxy) is 1. The highest BCUT2D eigenvalue weighted by Gasteiger charge is 2.34. The van der Waals surface area contributed by atoms with Gasteiger partial charge in [0.25, 0.3) is 11.8 Å². The molecule has 4 rings (SSSR count). The first kappa shape index (κ1) is 26.9. The summed E-state index contributed by atoms with van der Waals surface area (Å²) in [5, 5.41) is 8.28. The number of aromatic nitrogens is 1. The second kappa shape index (κ2) is 11.1. The zero-order valence-electron chi connectivity index (χ0n) is 20.4. The maximum atomic E-state index is 13.4. The van der Waals surface area contributed by atoms with Crippen LogP contribution in [0.15, 0.2) is 85.6 Å². The van der Waals surface area contributed by atoms with Gasteiger partial charge in [0, 0.05) is 35.9 Å². The number of halogens is 3. The Labute approximate surface area is 220 Å². The minimum absolute atomic E-state index is 0.0373. The lowest BCUT2D eigenvalue weighted by Crippen LogP contribution is -2.18. The van der Waals surface area contributed by atoms with E-state index in [0.717, 1.165) is 24.3 Å². The third kappa shape index (κ3) is 6.04. The fraction of sp³-hybridized carbons (Fsp3) is 0.0714. The van der Waals surface area contributed by atoms with Gasteiger partial charge in [0.1, 0.15) is 17.2 Å². The third-order valence-electron chi connectivity index (χ3n) is 5.57. The van der Waals surface area contributed by atoms with Gasteiger partial charge in [-0.15, -0.1) is 0 Å². The molecule has 0 spiro atoms. The Hall–Kier alpha value is -5.19. The molecule has 4 aromatic rings. The second-order valence-corrected chi connectivity index (χ2v) is 8.12. The number of pyridine rings is 1. The maximum absolute atomic E-state index is 13.4. The number of nitrogens with one attached hydrogen (secondary N) is 3. The molecule has 0 saturated heterocycles. The van der Waals surface area contributed by atoms with Gasteiger partial charge in [-0.1, -0.05) is 30.8 Å². The largest absolute Gasteiger partial charge is 0.457 e. The first-order valence-corrected chi connectivity index (χ1v) is 11.4. The Bertz CT molecular complexity index is 1600. The van der Waals surface area contributed by atoms with E-state index in [1.807, 2.05) is 0 Å². The van der Waals surface area contributed by atoms with Gasteiger partial charge in [-0.25, -0.2) is 0 Å². The van der Waals surface area contributed by atoms with Gasteiger partial charge >= 0.3 is 6.18 Å². The fourth-order valence-electron chi connectivity index (χ4n) is 3.78. The van der Waals surface area contributed by atoms with Crippen molar-refractivity contribution in [1.29, 1.82) is 0 Å². The molecule has 0 radical (unpaired) electrons. The first-order valence-electron chi connectivity index (χ1n) is 11.4. The standard InChI is InChI=1S/C28H21F3N4O4/c1-3-25(36)35-22-14-16(10-11-21(22)28(29,30)31)34-26(37)20-8-4-7-19-18(20)6-5-9-24(19)39-17-12-13-33-23(15-17)27(38)32-2/h3-15H,1H2,2H3,(H,32,38)(H,34,37)(H,35,36). The normalized spacial score (nSPS) is 11.0. The average molecular weight is 534 g/mol. The number of amides is 3. The Morgan fingerprint density at radius 1 is 0.923 bits per heavy atom.